The highest BCUT2D eigenvalue weighted by atomic mass is 35.5. The molecule has 0 bridgehead atoms. The largest absolute Gasteiger partial charge is 0.496 e. The quantitative estimate of drug-likeness (QED) is 0.307. The third kappa shape index (κ3) is 7.34. The van der Waals surface area contributed by atoms with E-state index in [1.165, 1.54) is 37.4 Å². The molecule has 2 rings (SSSR count). The fraction of sp³-hybridized carbons (Fsp3) is 0.375. The number of amides is 2. The van der Waals surface area contributed by atoms with Crippen molar-refractivity contribution in [3.63, 3.8) is 0 Å². The molecule has 10 heteroatoms. The topological polar surface area (TPSA) is 112 Å². The average Bonchev–Trinajstić information content (AvgIpc) is 2.72. The second kappa shape index (κ2) is 11.7. The van der Waals surface area contributed by atoms with Crippen LogP contribution in [0.2, 0.25) is 5.02 Å². The molecule has 0 aliphatic rings. The van der Waals surface area contributed by atoms with Crippen molar-refractivity contribution in [2.24, 2.45) is 10.7 Å². The van der Waals surface area contributed by atoms with E-state index >= 15 is 0 Å². The van der Waals surface area contributed by atoms with E-state index in [0.717, 1.165) is 12.8 Å². The van der Waals surface area contributed by atoms with Gasteiger partial charge >= 0.3 is 6.09 Å². The minimum atomic E-state index is -0.970. The van der Waals surface area contributed by atoms with Crippen LogP contribution in [0.3, 0.4) is 0 Å². The summed E-state index contributed by atoms with van der Waals surface area (Å²) in [5.41, 5.74) is 5.37. The molecule has 0 unspecified atom stereocenters. The number of hydrogen-bond donors (Lipinski definition) is 2. The minimum absolute atomic E-state index is 0.0187. The smallest absolute Gasteiger partial charge is 0.437 e. The number of carbonyl (C=O) groups excluding carboxylic acids is 2. The molecule has 34 heavy (non-hydrogen) atoms. The van der Waals surface area contributed by atoms with Crippen molar-refractivity contribution in [2.45, 2.75) is 46.1 Å². The standard InChI is InChI=1S/C24H29ClFN3O5/c1-6-7-12-33-18-11-9-16(25)19(15-13-14(26)8-10-17(15)32-5)20(18)21(30)28-22(27)29-23(31)34-24(2,3)4/h8-11,13H,6-7,12H2,1-5H3,(H3,27,28,29,30,31). The Hall–Kier alpha value is -3.33. The molecule has 0 fully saturated rings. The van der Waals surface area contributed by atoms with E-state index in [1.54, 1.807) is 20.8 Å². The first-order valence-electron chi connectivity index (χ1n) is 10.6. The van der Waals surface area contributed by atoms with Crippen molar-refractivity contribution >= 4 is 29.6 Å². The minimum Gasteiger partial charge on any atom is -0.496 e. The van der Waals surface area contributed by atoms with Crippen molar-refractivity contribution in [2.75, 3.05) is 13.7 Å². The Kier molecular flexibility index (Phi) is 9.26. The second-order valence-electron chi connectivity index (χ2n) is 8.27. The molecule has 2 amide bonds. The summed E-state index contributed by atoms with van der Waals surface area (Å²) in [5.74, 6) is -1.32. The van der Waals surface area contributed by atoms with Gasteiger partial charge in [0.15, 0.2) is 0 Å². The van der Waals surface area contributed by atoms with Gasteiger partial charge in [0.1, 0.15) is 22.9 Å². The van der Waals surface area contributed by atoms with Crippen LogP contribution in [0.4, 0.5) is 9.18 Å². The zero-order valence-electron chi connectivity index (χ0n) is 19.8. The number of unbranched alkanes of at least 4 members (excludes halogenated alkanes) is 1. The Bertz CT molecular complexity index is 1080. The highest BCUT2D eigenvalue weighted by Gasteiger charge is 2.25. The first kappa shape index (κ1) is 26.9. The van der Waals surface area contributed by atoms with E-state index in [2.05, 4.69) is 10.3 Å². The Morgan fingerprint density at radius 2 is 1.85 bits per heavy atom. The van der Waals surface area contributed by atoms with E-state index in [0.29, 0.717) is 12.4 Å². The van der Waals surface area contributed by atoms with Gasteiger partial charge in [-0.05, 0) is 57.5 Å². The number of nitrogens with one attached hydrogen (secondary N) is 1. The lowest BCUT2D eigenvalue weighted by molar-refractivity contribution is 0.0604. The molecule has 2 aromatic carbocycles. The number of nitrogens with two attached hydrogens (primary N) is 1. The molecular formula is C24H29ClFN3O5. The lowest BCUT2D eigenvalue weighted by Gasteiger charge is -2.19. The summed E-state index contributed by atoms with van der Waals surface area (Å²) in [5, 5.41) is 2.50. The van der Waals surface area contributed by atoms with Gasteiger partial charge in [-0.3, -0.25) is 10.1 Å². The van der Waals surface area contributed by atoms with Crippen molar-refractivity contribution in [3.8, 4) is 22.6 Å². The molecule has 0 heterocycles. The molecular weight excluding hydrogens is 465 g/mol. The van der Waals surface area contributed by atoms with Crippen LogP contribution >= 0.6 is 11.6 Å². The first-order chi connectivity index (χ1) is 16.0. The number of ether oxygens (including phenoxy) is 3. The molecule has 184 valence electrons. The van der Waals surface area contributed by atoms with Crippen molar-refractivity contribution < 1.29 is 28.2 Å². The van der Waals surface area contributed by atoms with Crippen molar-refractivity contribution in [1.82, 2.24) is 5.32 Å². The number of rotatable bonds is 7. The fourth-order valence-corrected chi connectivity index (χ4v) is 3.22. The van der Waals surface area contributed by atoms with Crippen molar-refractivity contribution in [1.29, 1.82) is 0 Å². The zero-order valence-corrected chi connectivity index (χ0v) is 20.6. The van der Waals surface area contributed by atoms with E-state index in [-0.39, 0.29) is 27.5 Å². The number of benzene rings is 2. The normalized spacial score (nSPS) is 11.7. The van der Waals surface area contributed by atoms with Crippen LogP contribution in [-0.2, 0) is 4.74 Å². The molecule has 0 saturated heterocycles. The summed E-state index contributed by atoms with van der Waals surface area (Å²) < 4.78 is 30.4. The number of carbonyl (C=O) groups is 2. The van der Waals surface area contributed by atoms with E-state index in [4.69, 9.17) is 31.5 Å². The first-order valence-corrected chi connectivity index (χ1v) is 11.0. The van der Waals surface area contributed by atoms with Gasteiger partial charge in [0, 0.05) is 16.1 Å². The van der Waals surface area contributed by atoms with Gasteiger partial charge in [-0.25, -0.2) is 9.18 Å². The molecule has 0 aromatic heterocycles. The number of nitrogens with zero attached hydrogens (tertiary/aromatic N) is 1. The van der Waals surface area contributed by atoms with Gasteiger partial charge < -0.3 is 19.9 Å². The van der Waals surface area contributed by atoms with Crippen molar-refractivity contribution in [3.05, 3.63) is 46.7 Å². The number of hydrogen-bond acceptors (Lipinski definition) is 5. The average molecular weight is 494 g/mol. The summed E-state index contributed by atoms with van der Waals surface area (Å²) in [7, 11) is 1.41. The summed E-state index contributed by atoms with van der Waals surface area (Å²) in [6, 6.07) is 6.92. The third-order valence-electron chi connectivity index (χ3n) is 4.38. The molecule has 0 atom stereocenters. The Morgan fingerprint density at radius 1 is 1.18 bits per heavy atom. The van der Waals surface area contributed by atoms with Crippen LogP contribution < -0.4 is 20.5 Å². The molecule has 0 aliphatic carbocycles. The van der Waals surface area contributed by atoms with E-state index in [1.807, 2.05) is 6.92 Å². The Morgan fingerprint density at radius 3 is 2.47 bits per heavy atom. The molecule has 3 N–H and O–H groups in total. The molecule has 0 radical (unpaired) electrons. The van der Waals surface area contributed by atoms with E-state index in [9.17, 15) is 14.0 Å². The highest BCUT2D eigenvalue weighted by molar-refractivity contribution is 6.34. The predicted molar refractivity (Wildman–Crippen MR) is 129 cm³/mol. The van der Waals surface area contributed by atoms with Gasteiger partial charge in [0.2, 0.25) is 5.96 Å². The maximum atomic E-state index is 14.2. The molecule has 0 aliphatic heterocycles. The lowest BCUT2D eigenvalue weighted by atomic mass is 9.97. The van der Waals surface area contributed by atoms with Crippen LogP contribution in [0, 0.1) is 5.82 Å². The Labute approximate surface area is 203 Å². The Balaban J connectivity index is 2.57. The summed E-state index contributed by atoms with van der Waals surface area (Å²) >= 11 is 6.47. The maximum Gasteiger partial charge on any atom is 0.437 e. The van der Waals surface area contributed by atoms with Crippen LogP contribution in [0.25, 0.3) is 11.1 Å². The number of guanidine groups is 1. The van der Waals surface area contributed by atoms with E-state index < -0.39 is 29.4 Å². The highest BCUT2D eigenvalue weighted by Crippen LogP contribution is 2.41. The zero-order chi connectivity index (χ0) is 25.5. The van der Waals surface area contributed by atoms with Gasteiger partial charge in [-0.2, -0.15) is 0 Å². The number of aliphatic imine (C=N–C) groups is 1. The van der Waals surface area contributed by atoms with Crippen LogP contribution in [0.15, 0.2) is 35.3 Å². The second-order valence-corrected chi connectivity index (χ2v) is 8.68. The van der Waals surface area contributed by atoms with Gasteiger partial charge in [0.05, 0.1) is 19.3 Å². The fourth-order valence-electron chi connectivity index (χ4n) is 2.96. The van der Waals surface area contributed by atoms with Gasteiger partial charge in [0.25, 0.3) is 5.91 Å². The summed E-state index contributed by atoms with van der Waals surface area (Å²) in [4.78, 5) is 28.8. The third-order valence-corrected chi connectivity index (χ3v) is 4.69. The lowest BCUT2D eigenvalue weighted by Crippen LogP contribution is -2.38. The monoisotopic (exact) mass is 493 g/mol. The number of halogens is 2. The van der Waals surface area contributed by atoms with Crippen LogP contribution in [-0.4, -0.2) is 37.3 Å². The summed E-state index contributed by atoms with van der Waals surface area (Å²) in [6.07, 6.45) is 0.641. The SMILES string of the molecule is CCCCOc1ccc(Cl)c(-c2cc(F)ccc2OC)c1C(=O)NC(N)=NC(=O)OC(C)(C)C. The maximum absolute atomic E-state index is 14.2. The van der Waals surface area contributed by atoms with Crippen LogP contribution in [0.5, 0.6) is 11.5 Å². The molecule has 0 saturated carbocycles. The molecule has 2 aromatic rings. The van der Waals surface area contributed by atoms with Gasteiger partial charge in [-0.15, -0.1) is 4.99 Å². The number of methoxy groups -OCH3 is 1. The predicted octanol–water partition coefficient (Wildman–Crippen LogP) is 5.31. The molecule has 0 spiro atoms. The van der Waals surface area contributed by atoms with Gasteiger partial charge in [-0.1, -0.05) is 24.9 Å². The summed E-state index contributed by atoms with van der Waals surface area (Å²) in [6.45, 7) is 7.33. The molecule has 8 nitrogen and oxygen atoms in total. The van der Waals surface area contributed by atoms with Crippen LogP contribution in [0.1, 0.15) is 50.9 Å².